The number of amides is 1. The number of hydrogen-bond acceptors (Lipinski definition) is 3. The molecule has 7 heteroatoms. The van der Waals surface area contributed by atoms with Crippen LogP contribution in [0.25, 0.3) is 0 Å². The number of fused-ring (bicyclic) bond motifs is 2. The number of ether oxygens (including phenoxy) is 1. The number of aliphatic carboxylic acids is 1. The second kappa shape index (κ2) is 6.03. The van der Waals surface area contributed by atoms with E-state index < -0.39 is 18.0 Å². The molecule has 2 saturated heterocycles. The quantitative estimate of drug-likeness (QED) is 0.895. The average Bonchev–Trinajstić information content (AvgIpc) is 3.10. The smallest absolute Gasteiger partial charge is 0.387 e. The Morgan fingerprint density at radius 2 is 2.00 bits per heavy atom. The molecule has 1 aromatic carbocycles. The van der Waals surface area contributed by atoms with Gasteiger partial charge in [0.25, 0.3) is 5.91 Å². The Morgan fingerprint density at radius 1 is 1.33 bits per heavy atom. The Hall–Kier alpha value is -2.18. The molecule has 1 N–H and O–H groups in total. The molecule has 2 aliphatic heterocycles. The standard InChI is InChI=1S/C17H19F2NO4/c1-2-17(15(22)23)9-11-5-8-13(17)20(11)14(21)10-3-6-12(7-4-10)24-16(18)19/h3-4,6-7,11,13,16H,2,5,8-9H2,1H3,(H,22,23)/t11-,13+,17+/m0/s1. The number of carbonyl (C=O) groups is 2. The summed E-state index contributed by atoms with van der Waals surface area (Å²) in [5.41, 5.74) is -0.525. The van der Waals surface area contributed by atoms with Crippen molar-refractivity contribution in [3.63, 3.8) is 0 Å². The van der Waals surface area contributed by atoms with E-state index in [1.54, 1.807) is 4.90 Å². The van der Waals surface area contributed by atoms with Crippen LogP contribution in [0.2, 0.25) is 0 Å². The van der Waals surface area contributed by atoms with Crippen LogP contribution in [0.1, 0.15) is 43.0 Å². The summed E-state index contributed by atoms with van der Waals surface area (Å²) in [5, 5.41) is 9.65. The van der Waals surface area contributed by atoms with Gasteiger partial charge in [0.15, 0.2) is 0 Å². The summed E-state index contributed by atoms with van der Waals surface area (Å²) >= 11 is 0. The molecule has 1 aromatic rings. The molecule has 24 heavy (non-hydrogen) atoms. The fourth-order valence-corrected chi connectivity index (χ4v) is 4.18. The monoisotopic (exact) mass is 339 g/mol. The Labute approximate surface area is 138 Å². The molecule has 3 rings (SSSR count). The summed E-state index contributed by atoms with van der Waals surface area (Å²) in [6, 6.07) is 5.13. The van der Waals surface area contributed by atoms with Gasteiger partial charge >= 0.3 is 12.6 Å². The molecule has 0 spiro atoms. The molecule has 0 aliphatic carbocycles. The number of carboxylic acid groups (broad SMARTS) is 1. The molecular weight excluding hydrogens is 320 g/mol. The largest absolute Gasteiger partial charge is 0.481 e. The summed E-state index contributed by atoms with van der Waals surface area (Å²) in [7, 11) is 0. The average molecular weight is 339 g/mol. The lowest BCUT2D eigenvalue weighted by Crippen LogP contribution is -2.44. The van der Waals surface area contributed by atoms with Gasteiger partial charge in [-0.1, -0.05) is 6.92 Å². The molecule has 130 valence electrons. The molecule has 2 aliphatic rings. The van der Waals surface area contributed by atoms with Gasteiger partial charge in [0.05, 0.1) is 5.41 Å². The van der Waals surface area contributed by atoms with Crippen molar-refractivity contribution < 1.29 is 28.2 Å². The molecule has 1 amide bonds. The highest BCUT2D eigenvalue weighted by Crippen LogP contribution is 2.52. The van der Waals surface area contributed by atoms with Gasteiger partial charge in [-0.25, -0.2) is 0 Å². The minimum absolute atomic E-state index is 0.0145. The van der Waals surface area contributed by atoms with E-state index in [4.69, 9.17) is 0 Å². The molecule has 2 bridgehead atoms. The Morgan fingerprint density at radius 3 is 2.50 bits per heavy atom. The SMILES string of the molecule is CC[C@@]1(C(=O)O)C[C@@H]2CC[C@H]1N2C(=O)c1ccc(OC(F)F)cc1. The van der Waals surface area contributed by atoms with E-state index in [1.807, 2.05) is 6.92 Å². The molecule has 2 fully saturated rings. The van der Waals surface area contributed by atoms with Crippen molar-refractivity contribution in [3.05, 3.63) is 29.8 Å². The van der Waals surface area contributed by atoms with Crippen LogP contribution in [0.3, 0.4) is 0 Å². The van der Waals surface area contributed by atoms with Crippen LogP contribution in [0.15, 0.2) is 24.3 Å². The Balaban J connectivity index is 1.82. The highest BCUT2D eigenvalue weighted by molar-refractivity contribution is 5.96. The summed E-state index contributed by atoms with van der Waals surface area (Å²) < 4.78 is 28.6. The highest BCUT2D eigenvalue weighted by Gasteiger charge is 2.60. The normalized spacial score (nSPS) is 28.4. The number of alkyl halides is 2. The van der Waals surface area contributed by atoms with Gasteiger partial charge in [-0.15, -0.1) is 0 Å². The van der Waals surface area contributed by atoms with Gasteiger partial charge in [0, 0.05) is 17.6 Å². The van der Waals surface area contributed by atoms with Crippen molar-refractivity contribution in [2.24, 2.45) is 5.41 Å². The van der Waals surface area contributed by atoms with Gasteiger partial charge in [-0.2, -0.15) is 8.78 Å². The van der Waals surface area contributed by atoms with Crippen molar-refractivity contribution in [1.29, 1.82) is 0 Å². The zero-order valence-corrected chi connectivity index (χ0v) is 13.2. The summed E-state index contributed by atoms with van der Waals surface area (Å²) in [6.45, 7) is -1.07. The molecule has 0 unspecified atom stereocenters. The lowest BCUT2D eigenvalue weighted by Gasteiger charge is -2.32. The van der Waals surface area contributed by atoms with Crippen LogP contribution < -0.4 is 4.74 Å². The molecule has 0 saturated carbocycles. The fourth-order valence-electron chi connectivity index (χ4n) is 4.18. The summed E-state index contributed by atoms with van der Waals surface area (Å²) in [5.74, 6) is -1.11. The second-order valence-corrected chi connectivity index (χ2v) is 6.38. The van der Waals surface area contributed by atoms with Crippen LogP contribution in [-0.4, -0.2) is 40.6 Å². The number of carboxylic acids is 1. The molecular formula is C17H19F2NO4. The number of hydrogen-bond donors (Lipinski definition) is 1. The van der Waals surface area contributed by atoms with Crippen molar-refractivity contribution >= 4 is 11.9 Å². The van der Waals surface area contributed by atoms with E-state index in [-0.39, 0.29) is 23.7 Å². The van der Waals surface area contributed by atoms with Crippen LogP contribution in [0, 0.1) is 5.41 Å². The molecule has 5 nitrogen and oxygen atoms in total. The van der Waals surface area contributed by atoms with Gasteiger partial charge in [-0.3, -0.25) is 9.59 Å². The molecule has 0 radical (unpaired) electrons. The highest BCUT2D eigenvalue weighted by atomic mass is 19.3. The van der Waals surface area contributed by atoms with Crippen LogP contribution in [0.4, 0.5) is 8.78 Å². The van der Waals surface area contributed by atoms with Crippen molar-refractivity contribution in [1.82, 2.24) is 4.90 Å². The van der Waals surface area contributed by atoms with Crippen LogP contribution >= 0.6 is 0 Å². The number of carbonyl (C=O) groups excluding carboxylic acids is 1. The second-order valence-electron chi connectivity index (χ2n) is 6.38. The van der Waals surface area contributed by atoms with Crippen LogP contribution in [0.5, 0.6) is 5.75 Å². The Bertz CT molecular complexity index is 648. The van der Waals surface area contributed by atoms with Gasteiger partial charge in [0.2, 0.25) is 0 Å². The van der Waals surface area contributed by atoms with E-state index in [0.29, 0.717) is 24.8 Å². The van der Waals surface area contributed by atoms with E-state index in [9.17, 15) is 23.5 Å². The summed E-state index contributed by atoms with van der Waals surface area (Å²) in [6.07, 6.45) is 2.44. The Kier molecular flexibility index (Phi) is 4.19. The van der Waals surface area contributed by atoms with E-state index >= 15 is 0 Å². The number of nitrogens with zero attached hydrogens (tertiary/aromatic N) is 1. The third-order valence-corrected chi connectivity index (χ3v) is 5.36. The minimum atomic E-state index is -2.92. The number of halogens is 2. The summed E-state index contributed by atoms with van der Waals surface area (Å²) in [4.78, 5) is 26.3. The van der Waals surface area contributed by atoms with Crippen molar-refractivity contribution in [3.8, 4) is 5.75 Å². The first kappa shape index (κ1) is 16.7. The third kappa shape index (κ3) is 2.52. The van der Waals surface area contributed by atoms with E-state index in [1.165, 1.54) is 24.3 Å². The molecule has 2 heterocycles. The predicted octanol–water partition coefficient (Wildman–Crippen LogP) is 3.15. The minimum Gasteiger partial charge on any atom is -0.481 e. The maximum absolute atomic E-state index is 12.8. The van der Waals surface area contributed by atoms with E-state index in [2.05, 4.69) is 4.74 Å². The first-order valence-corrected chi connectivity index (χ1v) is 8.00. The fraction of sp³-hybridized carbons (Fsp3) is 0.529. The first-order valence-electron chi connectivity index (χ1n) is 8.00. The van der Waals surface area contributed by atoms with Crippen LogP contribution in [-0.2, 0) is 4.79 Å². The lowest BCUT2D eigenvalue weighted by molar-refractivity contribution is -0.151. The zero-order chi connectivity index (χ0) is 17.5. The van der Waals surface area contributed by atoms with Gasteiger partial charge in [0.1, 0.15) is 5.75 Å². The lowest BCUT2D eigenvalue weighted by atomic mass is 9.72. The first-order chi connectivity index (χ1) is 11.4. The molecule has 3 atom stereocenters. The van der Waals surface area contributed by atoms with Gasteiger partial charge < -0.3 is 14.7 Å². The van der Waals surface area contributed by atoms with E-state index in [0.717, 1.165) is 6.42 Å². The topological polar surface area (TPSA) is 66.8 Å². The zero-order valence-electron chi connectivity index (χ0n) is 13.2. The van der Waals surface area contributed by atoms with Gasteiger partial charge in [-0.05, 0) is 49.9 Å². The maximum Gasteiger partial charge on any atom is 0.387 e. The third-order valence-electron chi connectivity index (χ3n) is 5.36. The maximum atomic E-state index is 12.8. The predicted molar refractivity (Wildman–Crippen MR) is 81.0 cm³/mol. The van der Waals surface area contributed by atoms with Crippen molar-refractivity contribution in [2.45, 2.75) is 51.3 Å². The molecule has 0 aromatic heterocycles. The number of rotatable bonds is 5. The number of benzene rings is 1. The van der Waals surface area contributed by atoms with Crippen molar-refractivity contribution in [2.75, 3.05) is 0 Å².